The fourth-order valence-electron chi connectivity index (χ4n) is 4.20. The number of piperidine rings is 1. The number of carboxylic acids is 1. The largest absolute Gasteiger partial charge is 0.481 e. The number of fused-ring (bicyclic) bond motifs is 1. The van der Waals surface area contributed by atoms with Gasteiger partial charge in [-0.1, -0.05) is 66.2 Å². The molecule has 2 atom stereocenters. The van der Waals surface area contributed by atoms with Crippen LogP contribution in [-0.2, 0) is 4.79 Å². The van der Waals surface area contributed by atoms with Gasteiger partial charge in [-0.2, -0.15) is 0 Å². The molecule has 3 nitrogen and oxygen atoms in total. The van der Waals surface area contributed by atoms with Crippen LogP contribution in [0.3, 0.4) is 0 Å². The highest BCUT2D eigenvalue weighted by molar-refractivity contribution is 6.30. The summed E-state index contributed by atoms with van der Waals surface area (Å²) in [6.45, 7) is 1.43. The molecule has 1 N–H and O–H groups in total. The first-order chi connectivity index (χ1) is 13.1. The van der Waals surface area contributed by atoms with Gasteiger partial charge in [-0.05, 0) is 53.4 Å². The lowest BCUT2D eigenvalue weighted by atomic mass is 9.89. The van der Waals surface area contributed by atoms with Crippen LogP contribution in [0.4, 0.5) is 0 Å². The fraction of sp³-hybridized carbons (Fsp3) is 0.261. The molecule has 1 aliphatic rings. The maximum absolute atomic E-state index is 11.6. The van der Waals surface area contributed by atoms with E-state index < -0.39 is 5.97 Å². The van der Waals surface area contributed by atoms with Crippen molar-refractivity contribution in [3.63, 3.8) is 0 Å². The maximum atomic E-state index is 11.6. The third kappa shape index (κ3) is 3.71. The summed E-state index contributed by atoms with van der Waals surface area (Å²) in [7, 11) is 0. The molecule has 2 unspecified atom stereocenters. The summed E-state index contributed by atoms with van der Waals surface area (Å²) >= 11 is 6.30. The smallest absolute Gasteiger partial charge is 0.307 e. The van der Waals surface area contributed by atoms with Crippen molar-refractivity contribution in [2.24, 2.45) is 5.92 Å². The highest BCUT2D eigenvalue weighted by atomic mass is 35.5. The predicted molar refractivity (Wildman–Crippen MR) is 109 cm³/mol. The Labute approximate surface area is 164 Å². The molecule has 138 valence electrons. The van der Waals surface area contributed by atoms with E-state index in [0.717, 1.165) is 24.9 Å². The molecule has 0 spiro atoms. The van der Waals surface area contributed by atoms with Crippen molar-refractivity contribution in [3.05, 3.63) is 82.9 Å². The number of rotatable bonds is 4. The molecule has 3 aromatic rings. The number of carbonyl (C=O) groups is 1. The van der Waals surface area contributed by atoms with Crippen LogP contribution in [-0.4, -0.2) is 29.1 Å². The zero-order valence-electron chi connectivity index (χ0n) is 15.0. The van der Waals surface area contributed by atoms with Crippen molar-refractivity contribution in [1.29, 1.82) is 0 Å². The molecular weight excluding hydrogens is 358 g/mol. The summed E-state index contributed by atoms with van der Waals surface area (Å²) in [4.78, 5) is 13.9. The quantitative estimate of drug-likeness (QED) is 0.661. The maximum Gasteiger partial charge on any atom is 0.307 e. The molecule has 1 heterocycles. The average Bonchev–Trinajstić information content (AvgIpc) is 2.69. The minimum atomic E-state index is -0.706. The van der Waals surface area contributed by atoms with Crippen LogP contribution in [0, 0.1) is 5.92 Å². The topological polar surface area (TPSA) is 40.5 Å². The highest BCUT2D eigenvalue weighted by Crippen LogP contribution is 2.37. The summed E-state index contributed by atoms with van der Waals surface area (Å²) < 4.78 is 0. The third-order valence-corrected chi connectivity index (χ3v) is 5.68. The molecule has 27 heavy (non-hydrogen) atoms. The van der Waals surface area contributed by atoms with Crippen molar-refractivity contribution in [2.45, 2.75) is 18.9 Å². The summed E-state index contributed by atoms with van der Waals surface area (Å²) in [5.41, 5.74) is 2.30. The molecule has 0 aliphatic carbocycles. The van der Waals surface area contributed by atoms with Crippen molar-refractivity contribution in [1.82, 2.24) is 4.90 Å². The second kappa shape index (κ2) is 7.71. The Morgan fingerprint density at radius 3 is 2.67 bits per heavy atom. The zero-order chi connectivity index (χ0) is 18.8. The number of nitrogens with zero attached hydrogens (tertiary/aromatic N) is 1. The molecule has 0 radical (unpaired) electrons. The molecule has 0 saturated carbocycles. The van der Waals surface area contributed by atoms with Crippen molar-refractivity contribution in [2.75, 3.05) is 13.1 Å². The minimum absolute atomic E-state index is 0.0167. The molecule has 1 aliphatic heterocycles. The van der Waals surface area contributed by atoms with Gasteiger partial charge in [0.2, 0.25) is 0 Å². The first kappa shape index (κ1) is 18.0. The highest BCUT2D eigenvalue weighted by Gasteiger charge is 2.32. The van der Waals surface area contributed by atoms with Gasteiger partial charge in [0.15, 0.2) is 0 Å². The Hall–Kier alpha value is -2.36. The molecule has 3 aromatic carbocycles. The predicted octanol–water partition coefficient (Wildman–Crippen LogP) is 5.38. The van der Waals surface area contributed by atoms with Gasteiger partial charge in [0.05, 0.1) is 12.0 Å². The normalized spacial score (nSPS) is 19.1. The van der Waals surface area contributed by atoms with Gasteiger partial charge in [0, 0.05) is 11.6 Å². The number of aliphatic carboxylic acids is 1. The minimum Gasteiger partial charge on any atom is -0.481 e. The van der Waals surface area contributed by atoms with Crippen LogP contribution < -0.4 is 0 Å². The average molecular weight is 380 g/mol. The first-order valence-electron chi connectivity index (χ1n) is 9.33. The third-order valence-electron chi connectivity index (χ3n) is 5.45. The van der Waals surface area contributed by atoms with E-state index in [1.54, 1.807) is 0 Å². The van der Waals surface area contributed by atoms with Gasteiger partial charge >= 0.3 is 5.97 Å². The zero-order valence-corrected chi connectivity index (χ0v) is 15.8. The summed E-state index contributed by atoms with van der Waals surface area (Å²) in [5.74, 6) is -1.03. The van der Waals surface area contributed by atoms with Gasteiger partial charge < -0.3 is 5.11 Å². The van der Waals surface area contributed by atoms with Crippen LogP contribution >= 0.6 is 11.6 Å². The lowest BCUT2D eigenvalue weighted by Crippen LogP contribution is -2.41. The number of carboxylic acid groups (broad SMARTS) is 1. The molecular formula is C23H22ClNO2. The van der Waals surface area contributed by atoms with Crippen molar-refractivity contribution < 1.29 is 9.90 Å². The molecule has 1 saturated heterocycles. The van der Waals surface area contributed by atoms with Crippen molar-refractivity contribution in [3.8, 4) is 0 Å². The number of halogens is 1. The number of hydrogen-bond donors (Lipinski definition) is 1. The van der Waals surface area contributed by atoms with E-state index in [4.69, 9.17) is 11.6 Å². The Kier molecular flexibility index (Phi) is 5.15. The van der Waals surface area contributed by atoms with Gasteiger partial charge in [0.25, 0.3) is 0 Å². The lowest BCUT2D eigenvalue weighted by Gasteiger charge is -2.38. The Balaban J connectivity index is 1.84. The monoisotopic (exact) mass is 379 g/mol. The van der Waals surface area contributed by atoms with Crippen LogP contribution in [0.25, 0.3) is 10.8 Å². The Bertz CT molecular complexity index is 966. The number of likely N-dealkylation sites (tertiary alicyclic amines) is 1. The first-order valence-corrected chi connectivity index (χ1v) is 9.71. The van der Waals surface area contributed by atoms with E-state index in [-0.39, 0.29) is 12.0 Å². The second-order valence-corrected chi connectivity index (χ2v) is 7.63. The summed E-state index contributed by atoms with van der Waals surface area (Å²) in [6.07, 6.45) is 1.63. The van der Waals surface area contributed by atoms with Crippen LogP contribution in [0.1, 0.15) is 30.0 Å². The molecule has 0 aromatic heterocycles. The van der Waals surface area contributed by atoms with Crippen molar-refractivity contribution >= 4 is 28.3 Å². The van der Waals surface area contributed by atoms with E-state index in [2.05, 4.69) is 47.4 Å². The lowest BCUT2D eigenvalue weighted by molar-refractivity contribution is -0.143. The number of benzene rings is 3. The molecule has 4 rings (SSSR count). The summed E-state index contributed by atoms with van der Waals surface area (Å²) in [5, 5.41) is 12.6. The van der Waals surface area contributed by atoms with E-state index in [0.29, 0.717) is 11.6 Å². The number of hydrogen-bond acceptors (Lipinski definition) is 2. The second-order valence-electron chi connectivity index (χ2n) is 7.20. The molecule has 1 fully saturated rings. The standard InChI is InChI=1S/C23H22ClNO2/c24-19-10-3-8-17(14-19)22(25-13-5-9-18(15-25)23(26)27)21-12-4-7-16-6-1-2-11-20(16)21/h1-4,6-8,10-12,14,18,22H,5,9,13,15H2,(H,26,27). The SMILES string of the molecule is O=C(O)C1CCCN(C(c2cccc(Cl)c2)c2cccc3ccccc23)C1. The van der Waals surface area contributed by atoms with Gasteiger partial charge in [-0.25, -0.2) is 0 Å². The van der Waals surface area contributed by atoms with Gasteiger partial charge in [0.1, 0.15) is 0 Å². The molecule has 0 bridgehead atoms. The van der Waals surface area contributed by atoms with Gasteiger partial charge in [-0.3, -0.25) is 9.69 Å². The van der Waals surface area contributed by atoms with E-state index >= 15 is 0 Å². The fourth-order valence-corrected chi connectivity index (χ4v) is 4.39. The van der Waals surface area contributed by atoms with E-state index in [1.165, 1.54) is 16.3 Å². The Morgan fingerprint density at radius 1 is 1.07 bits per heavy atom. The van der Waals surface area contributed by atoms with Crippen LogP contribution in [0.2, 0.25) is 5.02 Å². The Morgan fingerprint density at radius 2 is 1.85 bits per heavy atom. The summed E-state index contributed by atoms with van der Waals surface area (Å²) in [6, 6.07) is 22.6. The van der Waals surface area contributed by atoms with Crippen LogP contribution in [0.5, 0.6) is 0 Å². The molecule has 0 amide bonds. The van der Waals surface area contributed by atoms with E-state index in [1.807, 2.05) is 24.3 Å². The van der Waals surface area contributed by atoms with E-state index in [9.17, 15) is 9.90 Å². The van der Waals surface area contributed by atoms with Crippen LogP contribution in [0.15, 0.2) is 66.7 Å². The molecule has 4 heteroatoms. The van der Waals surface area contributed by atoms with Gasteiger partial charge in [-0.15, -0.1) is 0 Å².